The monoisotopic (exact) mass is 235 g/mol. The average molecular weight is 235 g/mol. The molecule has 0 saturated carbocycles. The molecule has 0 aromatic heterocycles. The normalized spacial score (nSPS) is 11.1. The SMILES string of the molecule is COc1cc(/C=C/CCN)ccc1OC(C)C. The van der Waals surface area contributed by atoms with E-state index in [-0.39, 0.29) is 6.10 Å². The van der Waals surface area contributed by atoms with E-state index in [0.717, 1.165) is 23.5 Å². The summed E-state index contributed by atoms with van der Waals surface area (Å²) < 4.78 is 11.0. The first-order chi connectivity index (χ1) is 8.17. The van der Waals surface area contributed by atoms with Crippen molar-refractivity contribution in [1.82, 2.24) is 0 Å². The molecule has 0 spiro atoms. The van der Waals surface area contributed by atoms with Gasteiger partial charge in [-0.05, 0) is 44.5 Å². The van der Waals surface area contributed by atoms with Gasteiger partial charge in [-0.15, -0.1) is 0 Å². The van der Waals surface area contributed by atoms with Crippen LogP contribution in [0.3, 0.4) is 0 Å². The topological polar surface area (TPSA) is 44.5 Å². The first-order valence-electron chi connectivity index (χ1n) is 5.88. The van der Waals surface area contributed by atoms with Crippen molar-refractivity contribution in [2.24, 2.45) is 5.73 Å². The highest BCUT2D eigenvalue weighted by molar-refractivity contribution is 5.55. The van der Waals surface area contributed by atoms with E-state index < -0.39 is 0 Å². The fourth-order valence-corrected chi connectivity index (χ4v) is 1.45. The second-order valence-corrected chi connectivity index (χ2v) is 4.06. The van der Waals surface area contributed by atoms with Gasteiger partial charge in [-0.3, -0.25) is 0 Å². The van der Waals surface area contributed by atoms with Crippen LogP contribution in [0.4, 0.5) is 0 Å². The van der Waals surface area contributed by atoms with E-state index in [0.29, 0.717) is 6.54 Å². The largest absolute Gasteiger partial charge is 0.493 e. The van der Waals surface area contributed by atoms with Crippen molar-refractivity contribution in [1.29, 1.82) is 0 Å². The van der Waals surface area contributed by atoms with Gasteiger partial charge in [-0.1, -0.05) is 18.2 Å². The molecule has 17 heavy (non-hydrogen) atoms. The predicted molar refractivity (Wildman–Crippen MR) is 71.5 cm³/mol. The van der Waals surface area contributed by atoms with Crippen molar-refractivity contribution in [3.8, 4) is 11.5 Å². The standard InChI is InChI=1S/C14H21NO2/c1-11(2)17-13-8-7-12(6-4-5-9-15)10-14(13)16-3/h4,6-8,10-11H,5,9,15H2,1-3H3/b6-4+. The van der Waals surface area contributed by atoms with E-state index in [1.54, 1.807) is 7.11 Å². The maximum atomic E-state index is 5.65. The number of ether oxygens (including phenoxy) is 2. The summed E-state index contributed by atoms with van der Waals surface area (Å²) in [5, 5.41) is 0. The van der Waals surface area contributed by atoms with Crippen molar-refractivity contribution in [2.45, 2.75) is 26.4 Å². The van der Waals surface area contributed by atoms with Crippen LogP contribution in [0.25, 0.3) is 6.08 Å². The molecule has 3 nitrogen and oxygen atoms in total. The van der Waals surface area contributed by atoms with Crippen LogP contribution in [0.2, 0.25) is 0 Å². The fraction of sp³-hybridized carbons (Fsp3) is 0.429. The molecule has 0 amide bonds. The molecule has 0 saturated heterocycles. The number of benzene rings is 1. The molecule has 0 aliphatic heterocycles. The fourth-order valence-electron chi connectivity index (χ4n) is 1.45. The minimum Gasteiger partial charge on any atom is -0.493 e. The van der Waals surface area contributed by atoms with Crippen LogP contribution in [0.15, 0.2) is 24.3 Å². The lowest BCUT2D eigenvalue weighted by Crippen LogP contribution is -2.06. The Hall–Kier alpha value is -1.48. The van der Waals surface area contributed by atoms with Crippen LogP contribution < -0.4 is 15.2 Å². The Bertz CT molecular complexity index is 372. The second kappa shape index (κ2) is 6.97. The highest BCUT2D eigenvalue weighted by Gasteiger charge is 2.06. The van der Waals surface area contributed by atoms with Gasteiger partial charge in [-0.25, -0.2) is 0 Å². The molecule has 0 heterocycles. The van der Waals surface area contributed by atoms with Gasteiger partial charge in [0.15, 0.2) is 11.5 Å². The zero-order valence-electron chi connectivity index (χ0n) is 10.8. The highest BCUT2D eigenvalue weighted by atomic mass is 16.5. The summed E-state index contributed by atoms with van der Waals surface area (Å²) in [5.41, 5.74) is 6.52. The Kier molecular flexibility index (Phi) is 5.57. The summed E-state index contributed by atoms with van der Waals surface area (Å²) in [6, 6.07) is 5.90. The molecule has 1 aromatic rings. The third kappa shape index (κ3) is 4.49. The van der Waals surface area contributed by atoms with Crippen LogP contribution in [0.1, 0.15) is 25.8 Å². The minimum atomic E-state index is 0.141. The zero-order valence-corrected chi connectivity index (χ0v) is 10.8. The van der Waals surface area contributed by atoms with Gasteiger partial charge in [0.25, 0.3) is 0 Å². The summed E-state index contributed by atoms with van der Waals surface area (Å²) in [6.45, 7) is 4.66. The van der Waals surface area contributed by atoms with Crippen LogP contribution >= 0.6 is 0 Å². The Morgan fingerprint density at radius 3 is 2.65 bits per heavy atom. The Morgan fingerprint density at radius 1 is 1.29 bits per heavy atom. The first-order valence-corrected chi connectivity index (χ1v) is 5.88. The molecule has 0 aliphatic carbocycles. The average Bonchev–Trinajstić information content (AvgIpc) is 2.30. The molecule has 0 radical (unpaired) electrons. The molecule has 94 valence electrons. The van der Waals surface area contributed by atoms with Gasteiger partial charge >= 0.3 is 0 Å². The quantitative estimate of drug-likeness (QED) is 0.824. The van der Waals surface area contributed by atoms with Crippen molar-refractivity contribution >= 4 is 6.08 Å². The molecule has 2 N–H and O–H groups in total. The Morgan fingerprint density at radius 2 is 2.06 bits per heavy atom. The lowest BCUT2D eigenvalue weighted by atomic mass is 10.1. The number of rotatable bonds is 6. The molecule has 0 unspecified atom stereocenters. The maximum absolute atomic E-state index is 5.65. The van der Waals surface area contributed by atoms with Crippen LogP contribution in [-0.4, -0.2) is 19.8 Å². The Labute approximate surface area is 103 Å². The molecule has 0 aliphatic rings. The molecule has 0 bridgehead atoms. The molecule has 0 fully saturated rings. The summed E-state index contributed by atoms with van der Waals surface area (Å²) in [5.74, 6) is 1.53. The van der Waals surface area contributed by atoms with E-state index in [9.17, 15) is 0 Å². The van der Waals surface area contributed by atoms with Crippen molar-refractivity contribution in [3.05, 3.63) is 29.8 Å². The number of nitrogens with two attached hydrogens (primary N) is 1. The molecule has 1 rings (SSSR count). The smallest absolute Gasteiger partial charge is 0.161 e. The van der Waals surface area contributed by atoms with E-state index in [1.165, 1.54) is 0 Å². The molecular weight excluding hydrogens is 214 g/mol. The molecule has 0 atom stereocenters. The van der Waals surface area contributed by atoms with Crippen molar-refractivity contribution in [2.75, 3.05) is 13.7 Å². The molecule has 1 aromatic carbocycles. The van der Waals surface area contributed by atoms with Crippen molar-refractivity contribution in [3.63, 3.8) is 0 Å². The Balaban J connectivity index is 2.84. The number of methoxy groups -OCH3 is 1. The summed E-state index contributed by atoms with van der Waals surface area (Å²) in [7, 11) is 1.65. The van der Waals surface area contributed by atoms with Gasteiger partial charge in [0, 0.05) is 0 Å². The third-order valence-electron chi connectivity index (χ3n) is 2.19. The summed E-state index contributed by atoms with van der Waals surface area (Å²) in [4.78, 5) is 0. The lowest BCUT2D eigenvalue weighted by molar-refractivity contribution is 0.230. The first kappa shape index (κ1) is 13.6. The van der Waals surface area contributed by atoms with E-state index in [2.05, 4.69) is 6.08 Å². The third-order valence-corrected chi connectivity index (χ3v) is 2.19. The van der Waals surface area contributed by atoms with Gasteiger partial charge in [0.2, 0.25) is 0 Å². The van der Waals surface area contributed by atoms with Gasteiger partial charge in [0.05, 0.1) is 13.2 Å². The van der Waals surface area contributed by atoms with Gasteiger partial charge < -0.3 is 15.2 Å². The van der Waals surface area contributed by atoms with Crippen LogP contribution in [0, 0.1) is 0 Å². The minimum absolute atomic E-state index is 0.141. The maximum Gasteiger partial charge on any atom is 0.161 e. The highest BCUT2D eigenvalue weighted by Crippen LogP contribution is 2.29. The van der Waals surface area contributed by atoms with Crippen LogP contribution in [-0.2, 0) is 0 Å². The zero-order chi connectivity index (χ0) is 12.7. The summed E-state index contributed by atoms with van der Waals surface area (Å²) >= 11 is 0. The van der Waals surface area contributed by atoms with E-state index in [1.807, 2.05) is 38.1 Å². The van der Waals surface area contributed by atoms with Gasteiger partial charge in [-0.2, -0.15) is 0 Å². The van der Waals surface area contributed by atoms with E-state index >= 15 is 0 Å². The van der Waals surface area contributed by atoms with E-state index in [4.69, 9.17) is 15.2 Å². The number of hydrogen-bond acceptors (Lipinski definition) is 3. The number of hydrogen-bond donors (Lipinski definition) is 1. The molecular formula is C14H21NO2. The summed E-state index contributed by atoms with van der Waals surface area (Å²) in [6.07, 6.45) is 5.11. The molecule has 3 heteroatoms. The lowest BCUT2D eigenvalue weighted by Gasteiger charge is -2.13. The second-order valence-electron chi connectivity index (χ2n) is 4.06. The van der Waals surface area contributed by atoms with Crippen LogP contribution in [0.5, 0.6) is 11.5 Å². The van der Waals surface area contributed by atoms with Gasteiger partial charge in [0.1, 0.15) is 0 Å². The predicted octanol–water partition coefficient (Wildman–Crippen LogP) is 2.84. The van der Waals surface area contributed by atoms with Crippen molar-refractivity contribution < 1.29 is 9.47 Å².